The Hall–Kier alpha value is -3.09. The third-order valence-corrected chi connectivity index (χ3v) is 5.95. The van der Waals surface area contributed by atoms with E-state index in [9.17, 15) is 14.0 Å². The monoisotopic (exact) mass is 516 g/mol. The van der Waals surface area contributed by atoms with Gasteiger partial charge in [0.25, 0.3) is 5.91 Å². The molecule has 184 valence electrons. The van der Waals surface area contributed by atoms with Gasteiger partial charge >= 0.3 is 0 Å². The van der Waals surface area contributed by atoms with E-state index in [-0.39, 0.29) is 25.1 Å². The molecule has 1 N–H and O–H groups in total. The summed E-state index contributed by atoms with van der Waals surface area (Å²) in [4.78, 5) is 28.2. The second-order valence-electron chi connectivity index (χ2n) is 8.38. The van der Waals surface area contributed by atoms with Crippen molar-refractivity contribution in [2.24, 2.45) is 0 Å². The molecular formula is C27H27Cl2FN2O3. The summed E-state index contributed by atoms with van der Waals surface area (Å²) in [5, 5.41) is 3.67. The van der Waals surface area contributed by atoms with Gasteiger partial charge in [-0.25, -0.2) is 4.39 Å². The first-order valence-electron chi connectivity index (χ1n) is 11.2. The maximum atomic E-state index is 13.4. The molecule has 1 atom stereocenters. The van der Waals surface area contributed by atoms with Crippen LogP contribution in [0.1, 0.15) is 25.0 Å². The molecule has 0 saturated carbocycles. The zero-order chi connectivity index (χ0) is 25.4. The van der Waals surface area contributed by atoms with E-state index in [4.69, 9.17) is 27.9 Å². The van der Waals surface area contributed by atoms with Gasteiger partial charge in [0.15, 0.2) is 6.61 Å². The van der Waals surface area contributed by atoms with Gasteiger partial charge in [0, 0.05) is 19.0 Å². The molecule has 0 aliphatic carbocycles. The van der Waals surface area contributed by atoms with Crippen molar-refractivity contribution < 1.29 is 18.7 Å². The molecule has 8 heteroatoms. The number of carbonyl (C=O) groups is 2. The zero-order valence-electron chi connectivity index (χ0n) is 19.5. The van der Waals surface area contributed by atoms with Crippen molar-refractivity contribution >= 4 is 35.0 Å². The average Bonchev–Trinajstić information content (AvgIpc) is 2.83. The topological polar surface area (TPSA) is 58.6 Å². The van der Waals surface area contributed by atoms with Gasteiger partial charge < -0.3 is 15.0 Å². The first kappa shape index (κ1) is 26.5. The lowest BCUT2D eigenvalue weighted by atomic mass is 10.0. The second kappa shape index (κ2) is 12.6. The largest absolute Gasteiger partial charge is 0.484 e. The lowest BCUT2D eigenvalue weighted by Gasteiger charge is -2.32. The number of nitrogens with one attached hydrogen (secondary N) is 1. The Balaban J connectivity index is 1.92. The molecule has 0 heterocycles. The fourth-order valence-electron chi connectivity index (χ4n) is 3.53. The van der Waals surface area contributed by atoms with Crippen LogP contribution in [0.3, 0.4) is 0 Å². The number of ether oxygens (including phenoxy) is 1. The minimum atomic E-state index is -0.807. The third kappa shape index (κ3) is 7.98. The fraction of sp³-hybridized carbons (Fsp3) is 0.259. The van der Waals surface area contributed by atoms with Gasteiger partial charge in [0.05, 0.1) is 10.0 Å². The highest BCUT2D eigenvalue weighted by atomic mass is 35.5. The molecule has 2 amide bonds. The third-order valence-electron chi connectivity index (χ3n) is 5.21. The number of halogens is 3. The lowest BCUT2D eigenvalue weighted by Crippen LogP contribution is -2.52. The number of hydrogen-bond donors (Lipinski definition) is 1. The van der Waals surface area contributed by atoms with Gasteiger partial charge in [-0.2, -0.15) is 0 Å². The van der Waals surface area contributed by atoms with Crippen molar-refractivity contribution in [1.82, 2.24) is 10.2 Å². The van der Waals surface area contributed by atoms with Crippen LogP contribution >= 0.6 is 23.2 Å². The lowest BCUT2D eigenvalue weighted by molar-refractivity contribution is -0.143. The molecule has 3 aromatic rings. The van der Waals surface area contributed by atoms with Crippen LogP contribution in [0.5, 0.6) is 5.75 Å². The molecule has 0 fully saturated rings. The molecule has 0 saturated heterocycles. The first-order valence-corrected chi connectivity index (χ1v) is 11.9. The average molecular weight is 517 g/mol. The Bertz CT molecular complexity index is 1140. The van der Waals surface area contributed by atoms with E-state index >= 15 is 0 Å². The van der Waals surface area contributed by atoms with Crippen LogP contribution in [0.25, 0.3) is 0 Å². The van der Waals surface area contributed by atoms with Crippen LogP contribution in [-0.4, -0.2) is 35.4 Å². The highest BCUT2D eigenvalue weighted by Gasteiger charge is 2.31. The number of benzene rings is 3. The summed E-state index contributed by atoms with van der Waals surface area (Å²) in [5.41, 5.74) is 1.62. The molecule has 0 aromatic heterocycles. The predicted molar refractivity (Wildman–Crippen MR) is 136 cm³/mol. The molecule has 0 aliphatic rings. The molecule has 3 rings (SSSR count). The number of nitrogens with zero attached hydrogens (tertiary/aromatic N) is 1. The van der Waals surface area contributed by atoms with Crippen molar-refractivity contribution in [2.45, 2.75) is 38.9 Å². The van der Waals surface area contributed by atoms with Crippen molar-refractivity contribution in [2.75, 3.05) is 6.61 Å². The van der Waals surface area contributed by atoms with Gasteiger partial charge in [-0.15, -0.1) is 0 Å². The summed E-state index contributed by atoms with van der Waals surface area (Å²) in [7, 11) is 0. The van der Waals surface area contributed by atoms with Gasteiger partial charge in [-0.05, 0) is 61.4 Å². The van der Waals surface area contributed by atoms with E-state index in [2.05, 4.69) is 5.32 Å². The molecule has 0 bridgehead atoms. The standard InChI is InChI=1S/C27H27Cl2FN2O3/c1-18(2)31-27(34)25(15-19-6-4-3-5-7-19)32(16-20-8-13-23(28)24(29)14-20)26(33)17-35-22-11-9-21(30)10-12-22/h3-14,18,25H,15-17H2,1-2H3,(H,31,34)/t25-/m0/s1. The quantitative estimate of drug-likeness (QED) is 0.377. The van der Waals surface area contributed by atoms with Crippen LogP contribution < -0.4 is 10.1 Å². The molecule has 0 aliphatic heterocycles. The van der Waals surface area contributed by atoms with Gasteiger partial charge in [0.1, 0.15) is 17.6 Å². The van der Waals surface area contributed by atoms with Crippen LogP contribution in [-0.2, 0) is 22.6 Å². The molecule has 0 radical (unpaired) electrons. The Morgan fingerprint density at radius 3 is 2.26 bits per heavy atom. The van der Waals surface area contributed by atoms with E-state index in [1.54, 1.807) is 18.2 Å². The molecule has 3 aromatic carbocycles. The Kier molecular flexibility index (Phi) is 9.52. The smallest absolute Gasteiger partial charge is 0.261 e. The van der Waals surface area contributed by atoms with E-state index in [1.807, 2.05) is 44.2 Å². The van der Waals surface area contributed by atoms with Gasteiger partial charge in [0.2, 0.25) is 5.91 Å². The van der Waals surface area contributed by atoms with Crippen LogP contribution in [0.4, 0.5) is 4.39 Å². The van der Waals surface area contributed by atoms with Crippen molar-refractivity contribution in [3.63, 3.8) is 0 Å². The van der Waals surface area contributed by atoms with E-state index < -0.39 is 17.8 Å². The van der Waals surface area contributed by atoms with Crippen molar-refractivity contribution in [3.05, 3.63) is 99.8 Å². The maximum Gasteiger partial charge on any atom is 0.261 e. The summed E-state index contributed by atoms with van der Waals surface area (Å²) in [6.07, 6.45) is 0.309. The molecular weight excluding hydrogens is 490 g/mol. The molecule has 5 nitrogen and oxygen atoms in total. The van der Waals surface area contributed by atoms with Crippen LogP contribution in [0.15, 0.2) is 72.8 Å². The zero-order valence-corrected chi connectivity index (χ0v) is 21.0. The normalized spacial score (nSPS) is 11.7. The maximum absolute atomic E-state index is 13.4. The highest BCUT2D eigenvalue weighted by molar-refractivity contribution is 6.42. The Morgan fingerprint density at radius 2 is 1.63 bits per heavy atom. The summed E-state index contributed by atoms with van der Waals surface area (Å²) in [6.45, 7) is 3.51. The predicted octanol–water partition coefficient (Wildman–Crippen LogP) is 5.68. The summed E-state index contributed by atoms with van der Waals surface area (Å²) in [6, 6.07) is 19.0. The number of hydrogen-bond acceptors (Lipinski definition) is 3. The minimum absolute atomic E-state index is 0.113. The summed E-state index contributed by atoms with van der Waals surface area (Å²) >= 11 is 12.3. The molecule has 35 heavy (non-hydrogen) atoms. The van der Waals surface area contributed by atoms with E-state index in [1.165, 1.54) is 29.2 Å². The number of rotatable bonds is 10. The Labute approximate surface area is 214 Å². The van der Waals surface area contributed by atoms with Crippen molar-refractivity contribution in [1.29, 1.82) is 0 Å². The molecule has 0 unspecified atom stereocenters. The number of amides is 2. The van der Waals surface area contributed by atoms with Gasteiger partial charge in [-0.3, -0.25) is 9.59 Å². The van der Waals surface area contributed by atoms with Crippen molar-refractivity contribution in [3.8, 4) is 5.75 Å². The summed E-state index contributed by atoms with van der Waals surface area (Å²) in [5.74, 6) is -0.738. The van der Waals surface area contributed by atoms with Gasteiger partial charge in [-0.1, -0.05) is 59.6 Å². The minimum Gasteiger partial charge on any atom is -0.484 e. The second-order valence-corrected chi connectivity index (χ2v) is 9.20. The molecule has 0 spiro atoms. The SMILES string of the molecule is CC(C)NC(=O)[C@H](Cc1ccccc1)N(Cc1ccc(Cl)c(Cl)c1)C(=O)COc1ccc(F)cc1. The van der Waals surface area contributed by atoms with E-state index in [0.717, 1.165) is 5.56 Å². The summed E-state index contributed by atoms with van der Waals surface area (Å²) < 4.78 is 18.8. The van der Waals surface area contributed by atoms with Crippen LogP contribution in [0, 0.1) is 5.82 Å². The highest BCUT2D eigenvalue weighted by Crippen LogP contribution is 2.24. The first-order chi connectivity index (χ1) is 16.7. The Morgan fingerprint density at radius 1 is 0.943 bits per heavy atom. The van der Waals surface area contributed by atoms with E-state index in [0.29, 0.717) is 27.8 Å². The fourth-order valence-corrected chi connectivity index (χ4v) is 3.85. The van der Waals surface area contributed by atoms with Crippen LogP contribution in [0.2, 0.25) is 10.0 Å². The number of carbonyl (C=O) groups excluding carboxylic acids is 2.